The summed E-state index contributed by atoms with van der Waals surface area (Å²) in [6, 6.07) is 16.6. The van der Waals surface area contributed by atoms with Gasteiger partial charge in [0.1, 0.15) is 0 Å². The zero-order chi connectivity index (χ0) is 16.7. The van der Waals surface area contributed by atoms with Crippen LogP contribution in [0.4, 0.5) is 5.69 Å². The number of hydrogen-bond donors (Lipinski definition) is 0. The number of carbonyl (C=O) groups is 1. The molecule has 0 N–H and O–H groups in total. The van der Waals surface area contributed by atoms with Gasteiger partial charge in [-0.1, -0.05) is 47.5 Å². The minimum absolute atomic E-state index is 0.0903. The van der Waals surface area contributed by atoms with Crippen molar-refractivity contribution in [3.05, 3.63) is 58.6 Å². The fourth-order valence-corrected chi connectivity index (χ4v) is 3.56. The molecule has 0 aliphatic carbocycles. The van der Waals surface area contributed by atoms with Crippen LogP contribution < -0.4 is 4.90 Å². The highest BCUT2D eigenvalue weighted by Gasteiger charge is 2.17. The number of nitriles is 1. The summed E-state index contributed by atoms with van der Waals surface area (Å²) in [4.78, 5) is 14.9. The molecule has 0 atom stereocenters. The number of nitrogens with zero attached hydrogens (tertiary/aromatic N) is 2. The molecule has 1 amide bonds. The summed E-state index contributed by atoms with van der Waals surface area (Å²) in [6.45, 7) is 0.357. The van der Waals surface area contributed by atoms with Gasteiger partial charge in [-0.15, -0.1) is 11.8 Å². The SMILES string of the molecule is N#CCCN(C(=O)CSc1c(Cl)cccc1Cl)c1ccccc1. The van der Waals surface area contributed by atoms with Crippen LogP contribution in [0.2, 0.25) is 10.0 Å². The summed E-state index contributed by atoms with van der Waals surface area (Å²) in [5.74, 6) is 0.108. The lowest BCUT2D eigenvalue weighted by atomic mass is 10.2. The minimum atomic E-state index is -0.0903. The second-order valence-corrected chi connectivity index (χ2v) is 6.43. The number of hydrogen-bond acceptors (Lipinski definition) is 3. The molecule has 0 aliphatic rings. The van der Waals surface area contributed by atoms with Gasteiger partial charge in [0.25, 0.3) is 0 Å². The first-order valence-electron chi connectivity index (χ1n) is 6.92. The molecule has 2 rings (SSSR count). The number of amides is 1. The number of rotatable bonds is 6. The van der Waals surface area contributed by atoms with Gasteiger partial charge in [-0.3, -0.25) is 4.79 Å². The van der Waals surface area contributed by atoms with Crippen molar-refractivity contribution < 1.29 is 4.79 Å². The summed E-state index contributed by atoms with van der Waals surface area (Å²) in [5.41, 5.74) is 0.776. The Morgan fingerprint density at radius 3 is 2.35 bits per heavy atom. The van der Waals surface area contributed by atoms with E-state index in [4.69, 9.17) is 28.5 Å². The Morgan fingerprint density at radius 1 is 1.09 bits per heavy atom. The van der Waals surface area contributed by atoms with Gasteiger partial charge in [0.05, 0.1) is 28.3 Å². The van der Waals surface area contributed by atoms with E-state index in [2.05, 4.69) is 6.07 Å². The van der Waals surface area contributed by atoms with Crippen molar-refractivity contribution in [2.45, 2.75) is 11.3 Å². The van der Waals surface area contributed by atoms with Crippen LogP contribution in [-0.2, 0) is 4.79 Å². The molecule has 0 aliphatic heterocycles. The maximum Gasteiger partial charge on any atom is 0.237 e. The molecule has 0 aromatic heterocycles. The molecule has 2 aromatic carbocycles. The molecule has 0 spiro atoms. The van der Waals surface area contributed by atoms with Gasteiger partial charge in [0.2, 0.25) is 5.91 Å². The van der Waals surface area contributed by atoms with E-state index >= 15 is 0 Å². The molecule has 0 unspecified atom stereocenters. The average Bonchev–Trinajstić information content (AvgIpc) is 2.56. The summed E-state index contributed by atoms with van der Waals surface area (Å²) in [6.07, 6.45) is 0.276. The number of benzene rings is 2. The van der Waals surface area contributed by atoms with Crippen molar-refractivity contribution in [3.63, 3.8) is 0 Å². The molecule has 0 fully saturated rings. The van der Waals surface area contributed by atoms with Crippen LogP contribution in [0.1, 0.15) is 6.42 Å². The molecule has 0 saturated carbocycles. The van der Waals surface area contributed by atoms with E-state index < -0.39 is 0 Å². The molecule has 3 nitrogen and oxygen atoms in total. The predicted molar refractivity (Wildman–Crippen MR) is 96.2 cm³/mol. The molecule has 118 valence electrons. The summed E-state index contributed by atoms with van der Waals surface area (Å²) >= 11 is 13.5. The van der Waals surface area contributed by atoms with E-state index in [1.807, 2.05) is 30.3 Å². The first-order valence-corrected chi connectivity index (χ1v) is 8.67. The van der Waals surface area contributed by atoms with Crippen molar-refractivity contribution in [1.29, 1.82) is 5.26 Å². The predicted octanol–water partition coefficient (Wildman–Crippen LogP) is 5.03. The zero-order valence-electron chi connectivity index (χ0n) is 12.2. The molecule has 0 radical (unpaired) electrons. The lowest BCUT2D eigenvalue weighted by molar-refractivity contribution is -0.116. The molecule has 2 aromatic rings. The average molecular weight is 365 g/mol. The van der Waals surface area contributed by atoms with Crippen LogP contribution in [0.5, 0.6) is 0 Å². The lowest BCUT2D eigenvalue weighted by Gasteiger charge is -2.21. The first-order chi connectivity index (χ1) is 11.1. The van der Waals surface area contributed by atoms with Gasteiger partial charge >= 0.3 is 0 Å². The van der Waals surface area contributed by atoms with Gasteiger partial charge in [-0.05, 0) is 24.3 Å². The van der Waals surface area contributed by atoms with Crippen LogP contribution in [0, 0.1) is 11.3 Å². The normalized spacial score (nSPS) is 10.1. The Labute approximate surface area is 149 Å². The smallest absolute Gasteiger partial charge is 0.237 e. The molecule has 6 heteroatoms. The quantitative estimate of drug-likeness (QED) is 0.674. The van der Waals surface area contributed by atoms with Crippen LogP contribution >= 0.6 is 35.0 Å². The monoisotopic (exact) mass is 364 g/mol. The Balaban J connectivity index is 2.11. The topological polar surface area (TPSA) is 44.1 Å². The van der Waals surface area contributed by atoms with Crippen molar-refractivity contribution >= 4 is 46.6 Å². The Morgan fingerprint density at radius 2 is 1.74 bits per heavy atom. The fraction of sp³-hybridized carbons (Fsp3) is 0.176. The maximum atomic E-state index is 12.6. The van der Waals surface area contributed by atoms with Gasteiger partial charge in [-0.25, -0.2) is 0 Å². The second kappa shape index (κ2) is 8.83. The number of carbonyl (C=O) groups excluding carboxylic acids is 1. The van der Waals surface area contributed by atoms with E-state index in [9.17, 15) is 4.79 Å². The Bertz CT molecular complexity index is 696. The molecule has 23 heavy (non-hydrogen) atoms. The van der Waals surface area contributed by atoms with Crippen LogP contribution in [-0.4, -0.2) is 18.2 Å². The number of anilines is 1. The Kier molecular flexibility index (Phi) is 6.79. The summed E-state index contributed by atoms with van der Waals surface area (Å²) < 4.78 is 0. The third-order valence-electron chi connectivity index (χ3n) is 3.08. The van der Waals surface area contributed by atoms with Crippen LogP contribution in [0.25, 0.3) is 0 Å². The number of thioether (sulfide) groups is 1. The number of halogens is 2. The number of para-hydroxylation sites is 1. The van der Waals surface area contributed by atoms with E-state index in [0.29, 0.717) is 21.5 Å². The highest BCUT2D eigenvalue weighted by Crippen LogP contribution is 2.34. The molecule has 0 bridgehead atoms. The Hall–Kier alpha value is -1.67. The standard InChI is InChI=1S/C17H14Cl2N2OS/c18-14-8-4-9-15(19)17(14)23-12-16(22)21(11-5-10-20)13-6-2-1-3-7-13/h1-4,6-9H,5,11-12H2. The third-order valence-corrected chi connectivity index (χ3v) is 5.05. The van der Waals surface area contributed by atoms with Gasteiger partial charge in [0, 0.05) is 17.1 Å². The van der Waals surface area contributed by atoms with Crippen LogP contribution in [0.3, 0.4) is 0 Å². The summed E-state index contributed by atoms with van der Waals surface area (Å²) in [7, 11) is 0. The first kappa shape index (κ1) is 17.7. The van der Waals surface area contributed by atoms with Crippen molar-refractivity contribution in [2.75, 3.05) is 17.2 Å². The fourth-order valence-electron chi connectivity index (χ4n) is 2.00. The van der Waals surface area contributed by atoms with E-state index in [1.54, 1.807) is 23.1 Å². The third kappa shape index (κ3) is 4.90. The van der Waals surface area contributed by atoms with Gasteiger partial charge in [-0.2, -0.15) is 5.26 Å². The molecule has 0 saturated heterocycles. The van der Waals surface area contributed by atoms with Gasteiger partial charge < -0.3 is 4.90 Å². The summed E-state index contributed by atoms with van der Waals surface area (Å²) in [5, 5.41) is 9.85. The molecular weight excluding hydrogens is 351 g/mol. The van der Waals surface area contributed by atoms with Crippen molar-refractivity contribution in [2.24, 2.45) is 0 Å². The highest BCUT2D eigenvalue weighted by molar-refractivity contribution is 8.00. The maximum absolute atomic E-state index is 12.6. The van der Waals surface area contributed by atoms with E-state index in [-0.39, 0.29) is 18.1 Å². The van der Waals surface area contributed by atoms with Gasteiger partial charge in [0.15, 0.2) is 0 Å². The minimum Gasteiger partial charge on any atom is -0.311 e. The molecular formula is C17H14Cl2N2OS. The van der Waals surface area contributed by atoms with Crippen LogP contribution in [0.15, 0.2) is 53.4 Å². The molecule has 0 heterocycles. The zero-order valence-corrected chi connectivity index (χ0v) is 14.5. The van der Waals surface area contributed by atoms with Crippen molar-refractivity contribution in [3.8, 4) is 6.07 Å². The highest BCUT2D eigenvalue weighted by atomic mass is 35.5. The second-order valence-electron chi connectivity index (χ2n) is 4.63. The van der Waals surface area contributed by atoms with Crippen molar-refractivity contribution in [1.82, 2.24) is 0 Å². The lowest BCUT2D eigenvalue weighted by Crippen LogP contribution is -2.33. The van der Waals surface area contributed by atoms with E-state index in [1.165, 1.54) is 11.8 Å². The largest absolute Gasteiger partial charge is 0.311 e. The van der Waals surface area contributed by atoms with E-state index in [0.717, 1.165) is 5.69 Å².